The van der Waals surface area contributed by atoms with E-state index in [0.29, 0.717) is 24.5 Å². The minimum absolute atomic E-state index is 0.280. The molecule has 3 N–H and O–H groups in total. The summed E-state index contributed by atoms with van der Waals surface area (Å²) in [6, 6.07) is 7.40. The van der Waals surface area contributed by atoms with Crippen LogP contribution in [-0.2, 0) is 0 Å². The molecule has 4 heteroatoms. The van der Waals surface area contributed by atoms with Gasteiger partial charge in [-0.15, -0.1) is 0 Å². The Morgan fingerprint density at radius 2 is 1.94 bits per heavy atom. The van der Waals surface area contributed by atoms with Gasteiger partial charge in [0.05, 0.1) is 13.2 Å². The Labute approximate surface area is 102 Å². The number of aliphatic hydroxyl groups excluding tert-OH is 1. The van der Waals surface area contributed by atoms with Gasteiger partial charge in [0.1, 0.15) is 6.10 Å². The van der Waals surface area contributed by atoms with E-state index in [9.17, 15) is 5.11 Å². The van der Waals surface area contributed by atoms with Crippen molar-refractivity contribution < 1.29 is 14.6 Å². The molecule has 1 aromatic rings. The van der Waals surface area contributed by atoms with Crippen LogP contribution in [0.15, 0.2) is 24.3 Å². The smallest absolute Gasteiger partial charge is 0.161 e. The number of nitrogens with two attached hydrogens (primary N) is 1. The molecule has 1 rings (SSSR count). The highest BCUT2D eigenvalue weighted by atomic mass is 16.5. The van der Waals surface area contributed by atoms with E-state index in [-0.39, 0.29) is 6.10 Å². The van der Waals surface area contributed by atoms with E-state index in [0.717, 1.165) is 6.42 Å². The lowest BCUT2D eigenvalue weighted by atomic mass is 10.1. The maximum atomic E-state index is 9.85. The normalized spacial score (nSPS) is 14.1. The number of hydrogen-bond donors (Lipinski definition) is 2. The Hall–Kier alpha value is -1.26. The first-order valence-corrected chi connectivity index (χ1v) is 5.86. The number of ether oxygens (including phenoxy) is 2. The van der Waals surface area contributed by atoms with Crippen LogP contribution in [-0.4, -0.2) is 31.0 Å². The van der Waals surface area contributed by atoms with Crippen LogP contribution >= 0.6 is 0 Å². The second kappa shape index (κ2) is 7.14. The van der Waals surface area contributed by atoms with Crippen molar-refractivity contribution >= 4 is 0 Å². The molecule has 0 aliphatic rings. The maximum absolute atomic E-state index is 9.85. The number of methoxy groups -OCH3 is 1. The molecular formula is C13H21NO3. The first-order valence-electron chi connectivity index (χ1n) is 5.86. The summed E-state index contributed by atoms with van der Waals surface area (Å²) >= 11 is 0. The molecule has 17 heavy (non-hydrogen) atoms. The molecular weight excluding hydrogens is 218 g/mol. The molecule has 0 bridgehead atoms. The summed E-state index contributed by atoms with van der Waals surface area (Å²) in [6.45, 7) is 2.42. The Balaban J connectivity index is 2.57. The van der Waals surface area contributed by atoms with E-state index in [1.165, 1.54) is 0 Å². The van der Waals surface area contributed by atoms with Crippen LogP contribution in [0, 0.1) is 0 Å². The quantitative estimate of drug-likeness (QED) is 0.758. The third kappa shape index (κ3) is 4.24. The third-order valence-corrected chi connectivity index (χ3v) is 2.63. The number of hydrogen-bond acceptors (Lipinski definition) is 4. The molecule has 96 valence electrons. The Morgan fingerprint density at radius 1 is 1.29 bits per heavy atom. The van der Waals surface area contributed by atoms with Crippen LogP contribution in [0.5, 0.6) is 11.5 Å². The van der Waals surface area contributed by atoms with E-state index in [1.54, 1.807) is 7.11 Å². The van der Waals surface area contributed by atoms with Crippen LogP contribution < -0.4 is 15.2 Å². The zero-order valence-electron chi connectivity index (χ0n) is 10.4. The van der Waals surface area contributed by atoms with Gasteiger partial charge in [0.25, 0.3) is 0 Å². The Bertz CT molecular complexity index is 330. The predicted octanol–water partition coefficient (Wildman–Crippen LogP) is 1.56. The number of rotatable bonds is 7. The average Bonchev–Trinajstić information content (AvgIpc) is 2.36. The lowest BCUT2D eigenvalue weighted by Crippen LogP contribution is -2.29. The zero-order valence-corrected chi connectivity index (χ0v) is 10.4. The summed E-state index contributed by atoms with van der Waals surface area (Å²) in [7, 11) is 1.59. The Morgan fingerprint density at radius 3 is 2.53 bits per heavy atom. The summed E-state index contributed by atoms with van der Waals surface area (Å²) in [4.78, 5) is 0. The van der Waals surface area contributed by atoms with Crippen molar-refractivity contribution in [3.05, 3.63) is 24.3 Å². The van der Waals surface area contributed by atoms with Crippen LogP contribution in [0.4, 0.5) is 0 Å². The summed E-state index contributed by atoms with van der Waals surface area (Å²) in [5.41, 5.74) is 5.40. The molecule has 0 heterocycles. The van der Waals surface area contributed by atoms with Crippen LogP contribution in [0.3, 0.4) is 0 Å². The lowest BCUT2D eigenvalue weighted by molar-refractivity contribution is 0.0394. The molecule has 0 fully saturated rings. The second-order valence-electron chi connectivity index (χ2n) is 3.97. The van der Waals surface area contributed by atoms with Crippen LogP contribution in [0.2, 0.25) is 0 Å². The highest BCUT2D eigenvalue weighted by molar-refractivity contribution is 5.39. The van der Waals surface area contributed by atoms with Gasteiger partial charge in [-0.25, -0.2) is 0 Å². The van der Waals surface area contributed by atoms with Gasteiger partial charge >= 0.3 is 0 Å². The molecule has 1 aromatic carbocycles. The van der Waals surface area contributed by atoms with E-state index in [1.807, 2.05) is 31.2 Å². The maximum Gasteiger partial charge on any atom is 0.161 e. The van der Waals surface area contributed by atoms with Gasteiger partial charge in [-0.05, 0) is 38.4 Å². The predicted molar refractivity (Wildman–Crippen MR) is 67.4 cm³/mol. The molecule has 0 saturated heterocycles. The van der Waals surface area contributed by atoms with Crippen LogP contribution in [0.25, 0.3) is 0 Å². The topological polar surface area (TPSA) is 64.7 Å². The standard InChI is InChI=1S/C13H21NO3/c1-10(11(15)6-5-9-14)17-13-8-4-3-7-12(13)16-2/h3-4,7-8,10-11,15H,5-6,9,14H2,1-2H3. The number of benzene rings is 1. The van der Waals surface area contributed by atoms with Crippen molar-refractivity contribution in [2.75, 3.05) is 13.7 Å². The van der Waals surface area contributed by atoms with E-state index in [2.05, 4.69) is 0 Å². The van der Waals surface area contributed by atoms with E-state index < -0.39 is 6.10 Å². The fourth-order valence-electron chi connectivity index (χ4n) is 1.56. The molecule has 0 saturated carbocycles. The molecule has 0 aromatic heterocycles. The van der Waals surface area contributed by atoms with Gasteiger partial charge in [-0.3, -0.25) is 0 Å². The second-order valence-corrected chi connectivity index (χ2v) is 3.97. The molecule has 0 aliphatic heterocycles. The number of aliphatic hydroxyl groups is 1. The third-order valence-electron chi connectivity index (χ3n) is 2.63. The monoisotopic (exact) mass is 239 g/mol. The largest absolute Gasteiger partial charge is 0.493 e. The van der Waals surface area contributed by atoms with Gasteiger partial charge in [0, 0.05) is 0 Å². The van der Waals surface area contributed by atoms with Gasteiger partial charge in [-0.1, -0.05) is 12.1 Å². The molecule has 0 aliphatic carbocycles. The molecule has 4 nitrogen and oxygen atoms in total. The first-order chi connectivity index (χ1) is 8.19. The fourth-order valence-corrected chi connectivity index (χ4v) is 1.56. The number of para-hydroxylation sites is 2. The van der Waals surface area contributed by atoms with Crippen molar-refractivity contribution in [1.82, 2.24) is 0 Å². The minimum atomic E-state index is -0.511. The fraction of sp³-hybridized carbons (Fsp3) is 0.538. The van der Waals surface area contributed by atoms with Gasteiger partial charge in [-0.2, -0.15) is 0 Å². The average molecular weight is 239 g/mol. The summed E-state index contributed by atoms with van der Waals surface area (Å²) in [5, 5.41) is 9.85. The van der Waals surface area contributed by atoms with Crippen molar-refractivity contribution in [1.29, 1.82) is 0 Å². The van der Waals surface area contributed by atoms with Crippen molar-refractivity contribution in [3.8, 4) is 11.5 Å². The van der Waals surface area contributed by atoms with Crippen LogP contribution in [0.1, 0.15) is 19.8 Å². The summed E-state index contributed by atoms with van der Waals surface area (Å²) < 4.78 is 10.9. The molecule has 0 amide bonds. The van der Waals surface area contributed by atoms with E-state index in [4.69, 9.17) is 15.2 Å². The molecule has 2 unspecified atom stereocenters. The SMILES string of the molecule is COc1ccccc1OC(C)C(O)CCCN. The molecule has 0 radical (unpaired) electrons. The van der Waals surface area contributed by atoms with Crippen molar-refractivity contribution in [3.63, 3.8) is 0 Å². The van der Waals surface area contributed by atoms with Gasteiger partial charge < -0.3 is 20.3 Å². The Kier molecular flexibility index (Phi) is 5.80. The zero-order chi connectivity index (χ0) is 12.7. The van der Waals surface area contributed by atoms with E-state index >= 15 is 0 Å². The van der Waals surface area contributed by atoms with Crippen molar-refractivity contribution in [2.24, 2.45) is 5.73 Å². The summed E-state index contributed by atoms with van der Waals surface area (Å²) in [5.74, 6) is 1.32. The lowest BCUT2D eigenvalue weighted by Gasteiger charge is -2.21. The molecule has 2 atom stereocenters. The highest BCUT2D eigenvalue weighted by Gasteiger charge is 2.16. The highest BCUT2D eigenvalue weighted by Crippen LogP contribution is 2.27. The molecule has 0 spiro atoms. The van der Waals surface area contributed by atoms with Gasteiger partial charge in [0.15, 0.2) is 11.5 Å². The van der Waals surface area contributed by atoms with Gasteiger partial charge in [0.2, 0.25) is 0 Å². The minimum Gasteiger partial charge on any atom is -0.493 e. The van der Waals surface area contributed by atoms with Crippen molar-refractivity contribution in [2.45, 2.75) is 32.0 Å². The first kappa shape index (κ1) is 13.8. The summed E-state index contributed by atoms with van der Waals surface area (Å²) in [6.07, 6.45) is 0.648.